The number of hydrogen-bond donors (Lipinski definition) is 0. The maximum Gasteiger partial charge on any atom is 0.494 e. The second kappa shape index (κ2) is 31.8. The standard InChI is InChI=1S/C64H100B2O4.C13H8Br2O.CH4/c1-13-17-21-25-29-33-41-63(42-34-30-26-22-18-14-2)55-45-49(65-67-59(5,6)60(7,8)68-65)37-39-51(55)53-48-58-54(47-57(53)63)52-40-38-50(66-69-61(9,10)62(11,12)70-66)46-56(52)64(58,43-35-31-27-23-19-15-3)44-36-32-28-24-20-16-4;14-11-5-1-9(2-6-11)13(16)10-3-7-12(15)8-4-10;/h37-40,45-48H,13-36,41-44H2,1-12H3;1-8H;1H4. The van der Waals surface area contributed by atoms with Crippen LogP contribution in [0.1, 0.15) is 308 Å². The molecule has 5 aromatic carbocycles. The minimum atomic E-state index is -0.389. The van der Waals surface area contributed by atoms with Crippen molar-refractivity contribution < 1.29 is 23.4 Å². The summed E-state index contributed by atoms with van der Waals surface area (Å²) in [6.45, 7) is 26.9. The van der Waals surface area contributed by atoms with E-state index in [0.29, 0.717) is 11.1 Å². The fourth-order valence-electron chi connectivity index (χ4n) is 14.3. The normalized spacial score (nSPS) is 17.5. The van der Waals surface area contributed by atoms with E-state index in [4.69, 9.17) is 18.6 Å². The first-order valence-electron chi connectivity index (χ1n) is 34.4. The van der Waals surface area contributed by atoms with Crippen molar-refractivity contribution in [1.29, 1.82) is 0 Å². The van der Waals surface area contributed by atoms with Gasteiger partial charge in [0.25, 0.3) is 0 Å². The van der Waals surface area contributed by atoms with Gasteiger partial charge < -0.3 is 18.6 Å². The van der Waals surface area contributed by atoms with E-state index in [2.05, 4.69) is 163 Å². The fourth-order valence-corrected chi connectivity index (χ4v) is 14.8. The van der Waals surface area contributed by atoms with Gasteiger partial charge in [0.05, 0.1) is 22.4 Å². The predicted octanol–water partition coefficient (Wildman–Crippen LogP) is 22.9. The lowest BCUT2D eigenvalue weighted by Crippen LogP contribution is -2.41. The molecule has 9 rings (SSSR count). The Kier molecular flexibility index (Phi) is 26.0. The molecule has 0 saturated carbocycles. The van der Waals surface area contributed by atoms with Crippen molar-refractivity contribution >= 4 is 62.8 Å². The van der Waals surface area contributed by atoms with Gasteiger partial charge in [-0.3, -0.25) is 4.79 Å². The van der Waals surface area contributed by atoms with Gasteiger partial charge in [0.15, 0.2) is 5.78 Å². The van der Waals surface area contributed by atoms with Gasteiger partial charge in [-0.25, -0.2) is 0 Å². The van der Waals surface area contributed by atoms with E-state index in [0.717, 1.165) is 8.95 Å². The zero-order valence-corrected chi connectivity index (χ0v) is 58.7. The van der Waals surface area contributed by atoms with Crippen LogP contribution in [-0.4, -0.2) is 42.4 Å². The van der Waals surface area contributed by atoms with Gasteiger partial charge in [-0.1, -0.05) is 257 Å². The molecule has 2 heterocycles. The van der Waals surface area contributed by atoms with Crippen LogP contribution in [0.2, 0.25) is 0 Å². The molecule has 0 aromatic heterocycles. The summed E-state index contributed by atoms with van der Waals surface area (Å²) in [5.74, 6) is 0.0417. The number of carbonyl (C=O) groups is 1. The summed E-state index contributed by atoms with van der Waals surface area (Å²) in [7, 11) is -0.755. The molecule has 5 aromatic rings. The van der Waals surface area contributed by atoms with Crippen LogP contribution in [0, 0.1) is 0 Å². The Hall–Kier alpha value is -3.30. The van der Waals surface area contributed by atoms with Crippen molar-refractivity contribution in [3.8, 4) is 22.3 Å². The summed E-state index contributed by atoms with van der Waals surface area (Å²) in [6, 6.07) is 35.1. The molecule has 0 atom stereocenters. The molecule has 4 aliphatic rings. The molecule has 2 saturated heterocycles. The van der Waals surface area contributed by atoms with Crippen molar-refractivity contribution in [2.75, 3.05) is 0 Å². The number of ketones is 1. The van der Waals surface area contributed by atoms with Gasteiger partial charge in [-0.2, -0.15) is 0 Å². The summed E-state index contributed by atoms with van der Waals surface area (Å²) in [4.78, 5) is 12.0. The van der Waals surface area contributed by atoms with E-state index < -0.39 is 0 Å². The average Bonchev–Trinajstić information content (AvgIpc) is 1.54. The minimum absolute atomic E-state index is 0. The molecule has 0 N–H and O–H groups in total. The third-order valence-electron chi connectivity index (χ3n) is 21.0. The number of halogens is 2. The number of rotatable bonds is 32. The van der Waals surface area contributed by atoms with Gasteiger partial charge in [-0.05, 0) is 197 Å². The van der Waals surface area contributed by atoms with Crippen LogP contribution in [0.3, 0.4) is 0 Å². The highest BCUT2D eigenvalue weighted by Gasteiger charge is 2.55. The lowest BCUT2D eigenvalue weighted by atomic mass is 9.67. The fraction of sp³-hybridized carbons (Fsp3) is 0.603. The molecule has 474 valence electrons. The highest BCUT2D eigenvalue weighted by atomic mass is 79.9. The molecule has 2 aliphatic carbocycles. The number of hydrogen-bond acceptors (Lipinski definition) is 5. The number of fused-ring (bicyclic) bond motifs is 6. The van der Waals surface area contributed by atoms with Crippen LogP contribution in [0.15, 0.2) is 106 Å². The summed E-state index contributed by atoms with van der Waals surface area (Å²) < 4.78 is 29.2. The van der Waals surface area contributed by atoms with Gasteiger partial charge in [0.1, 0.15) is 0 Å². The molecule has 0 radical (unpaired) electrons. The zero-order chi connectivity index (χ0) is 61.8. The number of benzene rings is 5. The van der Waals surface area contributed by atoms with Gasteiger partial charge >= 0.3 is 14.2 Å². The quantitative estimate of drug-likeness (QED) is 0.0244. The van der Waals surface area contributed by atoms with Gasteiger partial charge in [0.2, 0.25) is 0 Å². The largest absolute Gasteiger partial charge is 0.494 e. The Morgan fingerprint density at radius 2 is 0.598 bits per heavy atom. The lowest BCUT2D eigenvalue weighted by molar-refractivity contribution is 0.00578. The number of carbonyl (C=O) groups excluding carboxylic acids is 1. The zero-order valence-electron chi connectivity index (χ0n) is 55.5. The second-order valence-corrected chi connectivity index (χ2v) is 30.1. The molecule has 87 heavy (non-hydrogen) atoms. The Labute approximate surface area is 547 Å². The Morgan fingerprint density at radius 1 is 0.345 bits per heavy atom. The molecule has 2 aliphatic heterocycles. The Morgan fingerprint density at radius 3 is 0.874 bits per heavy atom. The van der Waals surface area contributed by atoms with E-state index in [1.54, 1.807) is 11.1 Å². The van der Waals surface area contributed by atoms with Crippen molar-refractivity contribution in [3.05, 3.63) is 139 Å². The molecule has 0 amide bonds. The third-order valence-corrected chi connectivity index (χ3v) is 22.0. The monoisotopic (exact) mass is 1310 g/mol. The van der Waals surface area contributed by atoms with Crippen molar-refractivity contribution in [1.82, 2.24) is 0 Å². The second-order valence-electron chi connectivity index (χ2n) is 28.3. The van der Waals surface area contributed by atoms with Crippen molar-refractivity contribution in [3.63, 3.8) is 0 Å². The molecule has 0 bridgehead atoms. The smallest absolute Gasteiger partial charge is 0.399 e. The maximum absolute atomic E-state index is 12.0. The molecular formula is C78H112B2Br2O5. The van der Waals surface area contributed by atoms with E-state index in [9.17, 15) is 4.79 Å². The summed E-state index contributed by atoms with van der Waals surface area (Å²) >= 11 is 6.69. The summed E-state index contributed by atoms with van der Waals surface area (Å²) in [6.07, 6.45) is 36.2. The highest BCUT2D eigenvalue weighted by molar-refractivity contribution is 9.10. The van der Waals surface area contributed by atoms with Crippen LogP contribution in [-0.2, 0) is 29.4 Å². The first-order chi connectivity index (χ1) is 41.2. The first-order valence-corrected chi connectivity index (χ1v) is 36.0. The third kappa shape index (κ3) is 16.5. The van der Waals surface area contributed by atoms with Crippen LogP contribution < -0.4 is 10.9 Å². The van der Waals surface area contributed by atoms with E-state index in [-0.39, 0.29) is 60.7 Å². The predicted molar refractivity (Wildman–Crippen MR) is 381 cm³/mol. The minimum Gasteiger partial charge on any atom is -0.399 e. The molecule has 5 nitrogen and oxygen atoms in total. The average molecular weight is 1310 g/mol. The van der Waals surface area contributed by atoms with Crippen molar-refractivity contribution in [2.24, 2.45) is 0 Å². The molecule has 0 unspecified atom stereocenters. The van der Waals surface area contributed by atoms with Gasteiger partial charge in [-0.15, -0.1) is 0 Å². The highest BCUT2D eigenvalue weighted by Crippen LogP contribution is 2.61. The topological polar surface area (TPSA) is 54.0 Å². The van der Waals surface area contributed by atoms with E-state index in [1.807, 2.05) is 48.5 Å². The van der Waals surface area contributed by atoms with Crippen LogP contribution in [0.4, 0.5) is 0 Å². The maximum atomic E-state index is 12.0. The van der Waals surface area contributed by atoms with Crippen LogP contribution in [0.25, 0.3) is 22.3 Å². The summed E-state index contributed by atoms with van der Waals surface area (Å²) in [5.41, 5.74) is 14.2. The summed E-state index contributed by atoms with van der Waals surface area (Å²) in [5, 5.41) is 0. The molecule has 9 heteroatoms. The molecular weight excluding hydrogens is 1200 g/mol. The first kappa shape index (κ1) is 71.1. The molecule has 0 spiro atoms. The van der Waals surface area contributed by atoms with Crippen LogP contribution in [0.5, 0.6) is 0 Å². The number of unbranched alkanes of at least 4 members (excludes halogenated alkanes) is 20. The van der Waals surface area contributed by atoms with E-state index >= 15 is 0 Å². The van der Waals surface area contributed by atoms with Gasteiger partial charge in [0, 0.05) is 30.9 Å². The SMILES string of the molecule is C.CCCCCCCCC1(CCCCCCCC)c2cc(B3OC(C)(C)C(C)(C)O3)ccc2-c2cc3c(cc21)-c1ccc(B2OC(C)(C)C(C)(C)O2)cc1C3(CCCCCCCC)CCCCCCCC.O=C(c1ccc(Br)cc1)c1ccc(Br)cc1. The Balaban J connectivity index is 0.000000548. The van der Waals surface area contributed by atoms with E-state index in [1.165, 1.54) is 224 Å². The van der Waals surface area contributed by atoms with Crippen molar-refractivity contribution in [2.45, 2.75) is 304 Å². The Bertz CT molecular complexity index is 2720. The lowest BCUT2D eigenvalue weighted by Gasteiger charge is -2.35. The van der Waals surface area contributed by atoms with Crippen LogP contribution >= 0.6 is 31.9 Å². The molecule has 2 fully saturated rings.